The number of rotatable bonds is 1. The second kappa shape index (κ2) is 3.93. The van der Waals surface area contributed by atoms with Gasteiger partial charge in [-0.1, -0.05) is 32.9 Å². The van der Waals surface area contributed by atoms with E-state index >= 15 is 0 Å². The SMILES string of the molecule is Cc1cccc(OC(=O)O)c1C(C)(C)C. The fourth-order valence-corrected chi connectivity index (χ4v) is 1.78. The van der Waals surface area contributed by atoms with Crippen LogP contribution in [0.3, 0.4) is 0 Å². The van der Waals surface area contributed by atoms with Crippen molar-refractivity contribution >= 4 is 6.16 Å². The molecule has 3 heteroatoms. The van der Waals surface area contributed by atoms with Gasteiger partial charge in [0.1, 0.15) is 5.75 Å². The lowest BCUT2D eigenvalue weighted by atomic mass is 9.83. The standard InChI is InChI=1S/C12H16O3/c1-8-6-5-7-9(15-11(13)14)10(8)12(2,3)4/h5-7H,1-4H3,(H,13,14). The molecule has 3 nitrogen and oxygen atoms in total. The van der Waals surface area contributed by atoms with Crippen molar-refractivity contribution in [1.29, 1.82) is 0 Å². The number of ether oxygens (including phenoxy) is 1. The predicted molar refractivity (Wildman–Crippen MR) is 58.5 cm³/mol. The zero-order valence-electron chi connectivity index (χ0n) is 9.50. The van der Waals surface area contributed by atoms with Gasteiger partial charge in [-0.15, -0.1) is 0 Å². The van der Waals surface area contributed by atoms with E-state index in [1.807, 2.05) is 33.8 Å². The van der Waals surface area contributed by atoms with Gasteiger partial charge in [0.05, 0.1) is 0 Å². The number of carbonyl (C=O) groups is 1. The van der Waals surface area contributed by atoms with Gasteiger partial charge < -0.3 is 9.84 Å². The Kier molecular flexibility index (Phi) is 3.03. The number of hydrogen-bond donors (Lipinski definition) is 1. The molecule has 0 saturated heterocycles. The summed E-state index contributed by atoms with van der Waals surface area (Å²) in [5.74, 6) is 0.426. The van der Waals surface area contributed by atoms with E-state index in [1.165, 1.54) is 0 Å². The Morgan fingerprint density at radius 2 is 1.93 bits per heavy atom. The van der Waals surface area contributed by atoms with Crippen LogP contribution in [-0.4, -0.2) is 11.3 Å². The van der Waals surface area contributed by atoms with E-state index in [4.69, 9.17) is 9.84 Å². The maximum absolute atomic E-state index is 10.5. The van der Waals surface area contributed by atoms with Crippen LogP contribution in [0.2, 0.25) is 0 Å². The minimum atomic E-state index is -1.27. The lowest BCUT2D eigenvalue weighted by molar-refractivity contribution is 0.143. The van der Waals surface area contributed by atoms with Crippen molar-refractivity contribution < 1.29 is 14.6 Å². The molecule has 0 radical (unpaired) electrons. The highest BCUT2D eigenvalue weighted by Gasteiger charge is 2.22. The number of benzene rings is 1. The topological polar surface area (TPSA) is 46.5 Å². The van der Waals surface area contributed by atoms with E-state index in [2.05, 4.69) is 0 Å². The van der Waals surface area contributed by atoms with Crippen LogP contribution in [0.15, 0.2) is 18.2 Å². The van der Waals surface area contributed by atoms with E-state index in [0.29, 0.717) is 5.75 Å². The second-order valence-corrected chi connectivity index (χ2v) is 4.57. The Morgan fingerprint density at radius 3 is 2.40 bits per heavy atom. The molecule has 0 aliphatic heterocycles. The normalized spacial score (nSPS) is 11.2. The molecular formula is C12H16O3. The smallest absolute Gasteiger partial charge is 0.449 e. The molecule has 0 aliphatic rings. The lowest BCUT2D eigenvalue weighted by Crippen LogP contribution is -2.16. The molecule has 0 fully saturated rings. The highest BCUT2D eigenvalue weighted by Crippen LogP contribution is 2.33. The summed E-state index contributed by atoms with van der Waals surface area (Å²) >= 11 is 0. The first-order valence-electron chi connectivity index (χ1n) is 4.83. The second-order valence-electron chi connectivity index (χ2n) is 4.57. The molecule has 1 aromatic carbocycles. The Hall–Kier alpha value is -1.51. The van der Waals surface area contributed by atoms with Gasteiger partial charge in [-0.25, -0.2) is 4.79 Å². The molecule has 0 amide bonds. The molecule has 1 N–H and O–H groups in total. The van der Waals surface area contributed by atoms with E-state index < -0.39 is 6.16 Å². The summed E-state index contributed by atoms with van der Waals surface area (Å²) in [6.07, 6.45) is -1.27. The molecule has 0 atom stereocenters. The van der Waals surface area contributed by atoms with Crippen molar-refractivity contribution in [2.45, 2.75) is 33.1 Å². The van der Waals surface area contributed by atoms with E-state index in [0.717, 1.165) is 11.1 Å². The van der Waals surface area contributed by atoms with Gasteiger partial charge in [-0.05, 0) is 24.0 Å². The summed E-state index contributed by atoms with van der Waals surface area (Å²) in [5, 5.41) is 8.63. The van der Waals surface area contributed by atoms with Crippen LogP contribution in [-0.2, 0) is 5.41 Å². The Bertz CT molecular complexity index is 375. The van der Waals surface area contributed by atoms with Crippen LogP contribution in [0.1, 0.15) is 31.9 Å². The van der Waals surface area contributed by atoms with Gasteiger partial charge >= 0.3 is 6.16 Å². The third-order valence-electron chi connectivity index (χ3n) is 2.18. The molecule has 0 heterocycles. The summed E-state index contributed by atoms with van der Waals surface area (Å²) in [6.45, 7) is 8.05. The fraction of sp³-hybridized carbons (Fsp3) is 0.417. The zero-order chi connectivity index (χ0) is 11.6. The third kappa shape index (κ3) is 2.72. The molecular weight excluding hydrogens is 192 g/mol. The van der Waals surface area contributed by atoms with Gasteiger partial charge in [-0.2, -0.15) is 0 Å². The maximum atomic E-state index is 10.5. The number of aryl methyl sites for hydroxylation is 1. The molecule has 0 spiro atoms. The van der Waals surface area contributed by atoms with Crippen molar-refractivity contribution in [1.82, 2.24) is 0 Å². The molecule has 0 bridgehead atoms. The highest BCUT2D eigenvalue weighted by molar-refractivity contribution is 5.63. The van der Waals surface area contributed by atoms with Crippen LogP contribution in [0, 0.1) is 6.92 Å². The Balaban J connectivity index is 3.27. The summed E-state index contributed by atoms with van der Waals surface area (Å²) in [7, 11) is 0. The first-order chi connectivity index (χ1) is 6.82. The molecule has 0 aromatic heterocycles. The number of hydrogen-bond acceptors (Lipinski definition) is 2. The monoisotopic (exact) mass is 208 g/mol. The van der Waals surface area contributed by atoms with Gasteiger partial charge in [0, 0.05) is 5.56 Å². The van der Waals surface area contributed by atoms with Crippen LogP contribution in [0.5, 0.6) is 5.75 Å². The molecule has 15 heavy (non-hydrogen) atoms. The molecule has 82 valence electrons. The van der Waals surface area contributed by atoms with E-state index in [-0.39, 0.29) is 5.41 Å². The quantitative estimate of drug-likeness (QED) is 0.568. The van der Waals surface area contributed by atoms with Gasteiger partial charge in [-0.3, -0.25) is 0 Å². The Morgan fingerprint density at radius 1 is 1.33 bits per heavy atom. The van der Waals surface area contributed by atoms with Crippen LogP contribution in [0.4, 0.5) is 4.79 Å². The average molecular weight is 208 g/mol. The van der Waals surface area contributed by atoms with E-state index in [1.54, 1.807) is 12.1 Å². The average Bonchev–Trinajstić information content (AvgIpc) is 1.99. The van der Waals surface area contributed by atoms with Gasteiger partial charge in [0.15, 0.2) is 0 Å². The van der Waals surface area contributed by atoms with Crippen LogP contribution in [0.25, 0.3) is 0 Å². The molecule has 1 rings (SSSR count). The first kappa shape index (κ1) is 11.6. The van der Waals surface area contributed by atoms with Gasteiger partial charge in [0.2, 0.25) is 0 Å². The largest absolute Gasteiger partial charge is 0.511 e. The van der Waals surface area contributed by atoms with Crippen molar-refractivity contribution in [2.75, 3.05) is 0 Å². The summed E-state index contributed by atoms with van der Waals surface area (Å²) in [5.41, 5.74) is 1.85. The van der Waals surface area contributed by atoms with E-state index in [9.17, 15) is 4.79 Å². The molecule has 0 aliphatic carbocycles. The van der Waals surface area contributed by atoms with Crippen LogP contribution >= 0.6 is 0 Å². The minimum absolute atomic E-state index is 0.129. The van der Waals surface area contributed by atoms with Crippen molar-refractivity contribution in [3.8, 4) is 5.75 Å². The minimum Gasteiger partial charge on any atom is -0.449 e. The first-order valence-corrected chi connectivity index (χ1v) is 4.83. The zero-order valence-corrected chi connectivity index (χ0v) is 9.50. The van der Waals surface area contributed by atoms with Crippen molar-refractivity contribution in [3.05, 3.63) is 29.3 Å². The highest BCUT2D eigenvalue weighted by atomic mass is 16.7. The predicted octanol–water partition coefficient (Wildman–Crippen LogP) is 3.35. The summed E-state index contributed by atoms with van der Waals surface area (Å²) < 4.78 is 4.77. The lowest BCUT2D eigenvalue weighted by Gasteiger charge is -2.23. The molecule has 1 aromatic rings. The summed E-state index contributed by atoms with van der Waals surface area (Å²) in [4.78, 5) is 10.5. The maximum Gasteiger partial charge on any atom is 0.511 e. The molecule has 0 unspecified atom stereocenters. The third-order valence-corrected chi connectivity index (χ3v) is 2.18. The molecule has 0 saturated carbocycles. The Labute approximate surface area is 89.7 Å². The fourth-order valence-electron chi connectivity index (χ4n) is 1.78. The summed E-state index contributed by atoms with van der Waals surface area (Å²) in [6, 6.07) is 5.43. The van der Waals surface area contributed by atoms with Crippen molar-refractivity contribution in [2.24, 2.45) is 0 Å². The number of carboxylic acid groups (broad SMARTS) is 1. The van der Waals surface area contributed by atoms with Gasteiger partial charge in [0.25, 0.3) is 0 Å². The van der Waals surface area contributed by atoms with Crippen molar-refractivity contribution in [3.63, 3.8) is 0 Å². The van der Waals surface area contributed by atoms with Crippen LogP contribution < -0.4 is 4.74 Å².